The van der Waals surface area contributed by atoms with E-state index in [-0.39, 0.29) is 19.1 Å². The number of para-hydroxylation sites is 1. The Morgan fingerprint density at radius 2 is 2.12 bits per heavy atom. The van der Waals surface area contributed by atoms with Crippen LogP contribution in [0.15, 0.2) is 30.3 Å². The van der Waals surface area contributed by atoms with Gasteiger partial charge >= 0.3 is 0 Å². The molecule has 16 heavy (non-hydrogen) atoms. The van der Waals surface area contributed by atoms with Crippen molar-refractivity contribution in [2.24, 2.45) is 0 Å². The van der Waals surface area contributed by atoms with Crippen molar-refractivity contribution in [2.45, 2.75) is 12.5 Å². The third-order valence-corrected chi connectivity index (χ3v) is 2.78. The van der Waals surface area contributed by atoms with Crippen LogP contribution in [0, 0.1) is 0 Å². The third-order valence-electron chi connectivity index (χ3n) is 2.78. The molecule has 1 fully saturated rings. The summed E-state index contributed by atoms with van der Waals surface area (Å²) >= 11 is 0. The van der Waals surface area contributed by atoms with Gasteiger partial charge in [-0.15, -0.1) is 0 Å². The molecule has 86 valence electrons. The molecule has 0 radical (unpaired) electrons. The normalized spacial score (nSPS) is 25.9. The molecule has 0 bridgehead atoms. The van der Waals surface area contributed by atoms with Gasteiger partial charge in [-0.3, -0.25) is 9.69 Å². The van der Waals surface area contributed by atoms with Crippen molar-refractivity contribution in [3.8, 4) is 0 Å². The van der Waals surface area contributed by atoms with Gasteiger partial charge < -0.3 is 9.84 Å². The van der Waals surface area contributed by atoms with Gasteiger partial charge in [-0.1, -0.05) is 18.2 Å². The van der Waals surface area contributed by atoms with E-state index in [9.17, 15) is 9.90 Å². The topological polar surface area (TPSA) is 49.8 Å². The second-order valence-corrected chi connectivity index (χ2v) is 4.21. The van der Waals surface area contributed by atoms with Crippen LogP contribution in [-0.2, 0) is 9.53 Å². The highest BCUT2D eigenvalue weighted by Crippen LogP contribution is 2.27. The maximum atomic E-state index is 11.9. The highest BCUT2D eigenvalue weighted by Gasteiger charge is 2.39. The Labute approximate surface area is 94.4 Å². The molecule has 1 unspecified atom stereocenters. The van der Waals surface area contributed by atoms with Crippen LogP contribution in [0.1, 0.15) is 6.92 Å². The highest BCUT2D eigenvalue weighted by molar-refractivity contribution is 5.96. The number of aliphatic hydroxyl groups excluding tert-OH is 1. The number of hydrogen-bond donors (Lipinski definition) is 1. The van der Waals surface area contributed by atoms with Crippen LogP contribution in [0.25, 0.3) is 0 Å². The third kappa shape index (κ3) is 1.81. The summed E-state index contributed by atoms with van der Waals surface area (Å²) in [4.78, 5) is 13.5. The molecule has 1 saturated heterocycles. The Bertz CT molecular complexity index is 379. The summed E-state index contributed by atoms with van der Waals surface area (Å²) in [5, 5.41) is 9.43. The van der Waals surface area contributed by atoms with Crippen LogP contribution < -0.4 is 4.90 Å². The van der Waals surface area contributed by atoms with Gasteiger partial charge in [0.2, 0.25) is 0 Å². The lowest BCUT2D eigenvalue weighted by atomic mass is 9.99. The summed E-state index contributed by atoms with van der Waals surface area (Å²) in [6, 6.07) is 9.35. The van der Waals surface area contributed by atoms with E-state index in [0.717, 1.165) is 5.69 Å². The molecule has 4 nitrogen and oxygen atoms in total. The maximum absolute atomic E-state index is 11.9. The van der Waals surface area contributed by atoms with Crippen LogP contribution in [0.4, 0.5) is 5.69 Å². The minimum Gasteiger partial charge on any atom is -0.394 e. The number of anilines is 1. The molecule has 2 rings (SSSR count). The molecule has 1 atom stereocenters. The van der Waals surface area contributed by atoms with Crippen molar-refractivity contribution in [1.29, 1.82) is 0 Å². The van der Waals surface area contributed by atoms with E-state index in [4.69, 9.17) is 4.74 Å². The largest absolute Gasteiger partial charge is 0.394 e. The Hall–Kier alpha value is -1.39. The van der Waals surface area contributed by atoms with Crippen molar-refractivity contribution < 1.29 is 14.6 Å². The second kappa shape index (κ2) is 4.23. The summed E-state index contributed by atoms with van der Waals surface area (Å²) in [5.41, 5.74) is 0.129. The van der Waals surface area contributed by atoms with Gasteiger partial charge in [0.1, 0.15) is 6.61 Å². The lowest BCUT2D eigenvalue weighted by Crippen LogP contribution is -2.60. The number of aliphatic hydroxyl groups is 1. The Morgan fingerprint density at radius 1 is 1.44 bits per heavy atom. The molecule has 1 amide bonds. The first kappa shape index (κ1) is 11.1. The summed E-state index contributed by atoms with van der Waals surface area (Å²) in [6.07, 6.45) is 0. The first-order valence-corrected chi connectivity index (χ1v) is 5.24. The van der Waals surface area contributed by atoms with E-state index in [2.05, 4.69) is 0 Å². The fourth-order valence-corrected chi connectivity index (χ4v) is 1.94. The molecular weight excluding hydrogens is 206 g/mol. The fraction of sp³-hybridized carbons (Fsp3) is 0.417. The zero-order valence-corrected chi connectivity index (χ0v) is 9.22. The van der Waals surface area contributed by atoms with E-state index in [1.165, 1.54) is 0 Å². The number of carbonyl (C=O) groups is 1. The number of amides is 1. The summed E-state index contributed by atoms with van der Waals surface area (Å²) in [7, 11) is 0. The van der Waals surface area contributed by atoms with Gasteiger partial charge in [0.05, 0.1) is 18.8 Å². The van der Waals surface area contributed by atoms with Gasteiger partial charge in [0.15, 0.2) is 0 Å². The molecule has 1 aliphatic heterocycles. The van der Waals surface area contributed by atoms with Gasteiger partial charge in [-0.25, -0.2) is 0 Å². The number of benzene rings is 1. The molecule has 0 aliphatic carbocycles. The SMILES string of the molecule is CC1(CO)COCC(=O)N1c1ccccc1. The Balaban J connectivity index is 2.38. The van der Waals surface area contributed by atoms with Gasteiger partial charge in [0.25, 0.3) is 5.91 Å². The molecule has 0 aromatic heterocycles. The smallest absolute Gasteiger partial charge is 0.253 e. The van der Waals surface area contributed by atoms with Crippen LogP contribution >= 0.6 is 0 Å². The predicted molar refractivity (Wildman–Crippen MR) is 60.2 cm³/mol. The van der Waals surface area contributed by atoms with E-state index in [1.807, 2.05) is 37.3 Å². The lowest BCUT2D eigenvalue weighted by molar-refractivity contribution is -0.131. The molecule has 1 aromatic rings. The lowest BCUT2D eigenvalue weighted by Gasteiger charge is -2.43. The number of hydrogen-bond acceptors (Lipinski definition) is 3. The maximum Gasteiger partial charge on any atom is 0.253 e. The van der Waals surface area contributed by atoms with Gasteiger partial charge in [0, 0.05) is 5.69 Å². The van der Waals surface area contributed by atoms with Crippen LogP contribution in [0.2, 0.25) is 0 Å². The van der Waals surface area contributed by atoms with E-state index in [1.54, 1.807) is 4.90 Å². The number of ether oxygens (including phenoxy) is 1. The van der Waals surface area contributed by atoms with Crippen molar-refractivity contribution in [3.05, 3.63) is 30.3 Å². The molecule has 1 aliphatic rings. The van der Waals surface area contributed by atoms with Gasteiger partial charge in [-0.05, 0) is 19.1 Å². The Kier molecular flexibility index (Phi) is 2.94. The molecule has 0 spiro atoms. The van der Waals surface area contributed by atoms with Crippen molar-refractivity contribution in [1.82, 2.24) is 0 Å². The van der Waals surface area contributed by atoms with Crippen molar-refractivity contribution in [2.75, 3.05) is 24.7 Å². The summed E-state index contributed by atoms with van der Waals surface area (Å²) < 4.78 is 5.19. The van der Waals surface area contributed by atoms with Gasteiger partial charge in [-0.2, -0.15) is 0 Å². The average molecular weight is 221 g/mol. The van der Waals surface area contributed by atoms with E-state index in [0.29, 0.717) is 6.61 Å². The molecule has 1 heterocycles. The zero-order valence-electron chi connectivity index (χ0n) is 9.22. The van der Waals surface area contributed by atoms with E-state index >= 15 is 0 Å². The number of carbonyl (C=O) groups excluding carboxylic acids is 1. The monoisotopic (exact) mass is 221 g/mol. The Morgan fingerprint density at radius 3 is 2.75 bits per heavy atom. The standard InChI is InChI=1S/C12H15NO3/c1-12(8-14)9-16-7-11(15)13(12)10-5-3-2-4-6-10/h2-6,14H,7-9H2,1H3. The molecule has 0 saturated carbocycles. The minimum absolute atomic E-state index is 0.0739. The summed E-state index contributed by atoms with van der Waals surface area (Å²) in [5.74, 6) is -0.117. The van der Waals surface area contributed by atoms with Crippen molar-refractivity contribution >= 4 is 11.6 Å². The van der Waals surface area contributed by atoms with Crippen LogP contribution in [0.5, 0.6) is 0 Å². The number of morpholine rings is 1. The molecule has 4 heteroatoms. The highest BCUT2D eigenvalue weighted by atomic mass is 16.5. The fourth-order valence-electron chi connectivity index (χ4n) is 1.94. The van der Waals surface area contributed by atoms with Crippen LogP contribution in [0.3, 0.4) is 0 Å². The molecule has 1 aromatic carbocycles. The molecule has 1 N–H and O–H groups in total. The first-order valence-electron chi connectivity index (χ1n) is 5.24. The minimum atomic E-state index is -0.670. The van der Waals surface area contributed by atoms with Crippen LogP contribution in [-0.4, -0.2) is 36.4 Å². The second-order valence-electron chi connectivity index (χ2n) is 4.21. The zero-order chi connectivity index (χ0) is 11.6. The summed E-state index contributed by atoms with van der Waals surface area (Å²) in [6.45, 7) is 2.12. The number of nitrogens with zero attached hydrogens (tertiary/aromatic N) is 1. The van der Waals surface area contributed by atoms with E-state index < -0.39 is 5.54 Å². The quantitative estimate of drug-likeness (QED) is 0.803. The number of rotatable bonds is 2. The van der Waals surface area contributed by atoms with Crippen molar-refractivity contribution in [3.63, 3.8) is 0 Å². The predicted octanol–water partition coefficient (Wildman–Crippen LogP) is 0.801. The first-order chi connectivity index (χ1) is 7.67. The molecular formula is C12H15NO3. The average Bonchev–Trinajstić information content (AvgIpc) is 2.30.